The lowest BCUT2D eigenvalue weighted by Crippen LogP contribution is -2.33. The van der Waals surface area contributed by atoms with Gasteiger partial charge < -0.3 is 10.5 Å². The fourth-order valence-corrected chi connectivity index (χ4v) is 1.81. The van der Waals surface area contributed by atoms with Crippen LogP contribution in [-0.4, -0.2) is 12.1 Å². The normalized spacial score (nSPS) is 11.6. The lowest BCUT2D eigenvalue weighted by molar-refractivity contribution is 0.271. The average molecular weight is 221 g/mol. The zero-order valence-corrected chi connectivity index (χ0v) is 11.1. The monoisotopic (exact) mass is 221 g/mol. The molecule has 90 valence electrons. The maximum atomic E-state index is 5.92. The molecule has 16 heavy (non-hydrogen) atoms. The molecule has 0 aromatic heterocycles. The van der Waals surface area contributed by atoms with E-state index in [-0.39, 0.29) is 5.54 Å². The predicted octanol–water partition coefficient (Wildman–Crippen LogP) is 3.12. The van der Waals surface area contributed by atoms with Crippen molar-refractivity contribution in [2.75, 3.05) is 6.61 Å². The Kier molecular flexibility index (Phi) is 3.98. The number of benzene rings is 1. The minimum absolute atomic E-state index is 0.160. The molecule has 1 aromatic rings. The SMILES string of the molecule is Cc1cc(C)c(OCCC(C)(C)N)c(C)c1. The molecule has 1 rings (SSSR count). The zero-order chi connectivity index (χ0) is 12.3. The van der Waals surface area contributed by atoms with Crippen molar-refractivity contribution in [2.45, 2.75) is 46.6 Å². The van der Waals surface area contributed by atoms with Crippen LogP contribution in [0.25, 0.3) is 0 Å². The molecule has 0 saturated heterocycles. The van der Waals surface area contributed by atoms with Crippen LogP contribution >= 0.6 is 0 Å². The van der Waals surface area contributed by atoms with E-state index in [0.29, 0.717) is 6.61 Å². The Morgan fingerprint density at radius 3 is 2.06 bits per heavy atom. The van der Waals surface area contributed by atoms with Gasteiger partial charge in [0.2, 0.25) is 0 Å². The van der Waals surface area contributed by atoms with Crippen molar-refractivity contribution in [3.05, 3.63) is 28.8 Å². The highest BCUT2D eigenvalue weighted by molar-refractivity contribution is 5.42. The lowest BCUT2D eigenvalue weighted by atomic mass is 10.0. The van der Waals surface area contributed by atoms with Crippen LogP contribution in [0.15, 0.2) is 12.1 Å². The first kappa shape index (κ1) is 13.0. The topological polar surface area (TPSA) is 35.2 Å². The molecule has 0 atom stereocenters. The molecule has 0 aliphatic heterocycles. The lowest BCUT2D eigenvalue weighted by Gasteiger charge is -2.20. The van der Waals surface area contributed by atoms with Crippen molar-refractivity contribution < 1.29 is 4.74 Å². The van der Waals surface area contributed by atoms with Gasteiger partial charge in [-0.15, -0.1) is 0 Å². The third-order valence-electron chi connectivity index (χ3n) is 2.60. The molecule has 0 saturated carbocycles. The van der Waals surface area contributed by atoms with Crippen LogP contribution in [-0.2, 0) is 0 Å². The third kappa shape index (κ3) is 3.86. The van der Waals surface area contributed by atoms with Gasteiger partial charge >= 0.3 is 0 Å². The molecular formula is C14H23NO. The summed E-state index contributed by atoms with van der Waals surface area (Å²) in [6.45, 7) is 11.0. The Morgan fingerprint density at radius 1 is 1.12 bits per heavy atom. The smallest absolute Gasteiger partial charge is 0.125 e. The maximum Gasteiger partial charge on any atom is 0.125 e. The molecule has 0 radical (unpaired) electrons. The van der Waals surface area contributed by atoms with Gasteiger partial charge in [-0.25, -0.2) is 0 Å². The molecule has 0 heterocycles. The second kappa shape index (κ2) is 4.88. The van der Waals surface area contributed by atoms with Gasteiger partial charge in [0.15, 0.2) is 0 Å². The first-order valence-corrected chi connectivity index (χ1v) is 5.79. The van der Waals surface area contributed by atoms with Gasteiger partial charge in [-0.3, -0.25) is 0 Å². The van der Waals surface area contributed by atoms with E-state index < -0.39 is 0 Å². The Bertz CT molecular complexity index is 340. The van der Waals surface area contributed by atoms with Crippen molar-refractivity contribution in [3.8, 4) is 5.75 Å². The number of aryl methyl sites for hydroxylation is 3. The van der Waals surface area contributed by atoms with Crippen LogP contribution in [0.5, 0.6) is 5.75 Å². The molecule has 2 N–H and O–H groups in total. The number of hydrogen-bond acceptors (Lipinski definition) is 2. The highest BCUT2D eigenvalue weighted by Gasteiger charge is 2.11. The van der Waals surface area contributed by atoms with Crippen LogP contribution in [0.1, 0.15) is 37.0 Å². The minimum Gasteiger partial charge on any atom is -0.493 e. The van der Waals surface area contributed by atoms with Crippen molar-refractivity contribution in [2.24, 2.45) is 5.73 Å². The van der Waals surface area contributed by atoms with E-state index >= 15 is 0 Å². The van der Waals surface area contributed by atoms with Gasteiger partial charge in [0.25, 0.3) is 0 Å². The van der Waals surface area contributed by atoms with E-state index in [2.05, 4.69) is 32.9 Å². The summed E-state index contributed by atoms with van der Waals surface area (Å²) in [5.41, 5.74) is 9.44. The summed E-state index contributed by atoms with van der Waals surface area (Å²) in [7, 11) is 0. The first-order valence-electron chi connectivity index (χ1n) is 5.79. The van der Waals surface area contributed by atoms with E-state index in [1.807, 2.05) is 13.8 Å². The molecule has 0 unspecified atom stereocenters. The van der Waals surface area contributed by atoms with E-state index in [1.165, 1.54) is 16.7 Å². The highest BCUT2D eigenvalue weighted by atomic mass is 16.5. The number of rotatable bonds is 4. The molecule has 1 aromatic carbocycles. The average Bonchev–Trinajstić information content (AvgIpc) is 2.07. The van der Waals surface area contributed by atoms with E-state index in [0.717, 1.165) is 12.2 Å². The van der Waals surface area contributed by atoms with Crippen LogP contribution in [0.2, 0.25) is 0 Å². The molecule has 0 fully saturated rings. The molecule has 2 heteroatoms. The fourth-order valence-electron chi connectivity index (χ4n) is 1.81. The standard InChI is InChI=1S/C14H23NO/c1-10-8-11(2)13(12(3)9-10)16-7-6-14(4,5)15/h8-9H,6-7,15H2,1-5H3. The van der Waals surface area contributed by atoms with Gasteiger partial charge in [0.05, 0.1) is 6.61 Å². The second-order valence-electron chi connectivity index (χ2n) is 5.31. The van der Waals surface area contributed by atoms with Crippen LogP contribution in [0.4, 0.5) is 0 Å². The van der Waals surface area contributed by atoms with Crippen LogP contribution in [0, 0.1) is 20.8 Å². The number of nitrogens with two attached hydrogens (primary N) is 1. The molecular weight excluding hydrogens is 198 g/mol. The van der Waals surface area contributed by atoms with E-state index in [4.69, 9.17) is 10.5 Å². The fraction of sp³-hybridized carbons (Fsp3) is 0.571. The summed E-state index contributed by atoms with van der Waals surface area (Å²) in [5, 5.41) is 0. The zero-order valence-electron chi connectivity index (χ0n) is 11.1. The van der Waals surface area contributed by atoms with Gasteiger partial charge in [-0.1, -0.05) is 17.7 Å². The summed E-state index contributed by atoms with van der Waals surface area (Å²) >= 11 is 0. The van der Waals surface area contributed by atoms with Gasteiger partial charge in [0, 0.05) is 5.54 Å². The van der Waals surface area contributed by atoms with Gasteiger partial charge in [0.1, 0.15) is 5.75 Å². The van der Waals surface area contributed by atoms with Gasteiger partial charge in [-0.2, -0.15) is 0 Å². The summed E-state index contributed by atoms with van der Waals surface area (Å²) in [5.74, 6) is 1.01. The predicted molar refractivity (Wildman–Crippen MR) is 69.0 cm³/mol. The summed E-state index contributed by atoms with van der Waals surface area (Å²) in [4.78, 5) is 0. The van der Waals surface area contributed by atoms with E-state index in [9.17, 15) is 0 Å². The minimum atomic E-state index is -0.160. The van der Waals surface area contributed by atoms with Crippen molar-refractivity contribution in [1.29, 1.82) is 0 Å². The Morgan fingerprint density at radius 2 is 1.62 bits per heavy atom. The maximum absolute atomic E-state index is 5.92. The molecule has 0 spiro atoms. The third-order valence-corrected chi connectivity index (χ3v) is 2.60. The molecule has 0 amide bonds. The Balaban J connectivity index is 2.68. The van der Waals surface area contributed by atoms with Crippen LogP contribution in [0.3, 0.4) is 0 Å². The molecule has 0 aliphatic rings. The van der Waals surface area contributed by atoms with Crippen LogP contribution < -0.4 is 10.5 Å². The second-order valence-corrected chi connectivity index (χ2v) is 5.31. The Hall–Kier alpha value is -1.02. The summed E-state index contributed by atoms with van der Waals surface area (Å²) < 4.78 is 5.82. The highest BCUT2D eigenvalue weighted by Crippen LogP contribution is 2.24. The summed E-state index contributed by atoms with van der Waals surface area (Å²) in [6, 6.07) is 4.30. The molecule has 2 nitrogen and oxygen atoms in total. The molecule has 0 aliphatic carbocycles. The summed E-state index contributed by atoms with van der Waals surface area (Å²) in [6.07, 6.45) is 0.861. The Labute approximate surface area is 98.8 Å². The number of hydrogen-bond donors (Lipinski definition) is 1. The van der Waals surface area contributed by atoms with Crippen molar-refractivity contribution in [3.63, 3.8) is 0 Å². The van der Waals surface area contributed by atoms with E-state index in [1.54, 1.807) is 0 Å². The van der Waals surface area contributed by atoms with Crippen molar-refractivity contribution >= 4 is 0 Å². The quantitative estimate of drug-likeness (QED) is 0.848. The largest absolute Gasteiger partial charge is 0.493 e. The number of ether oxygens (including phenoxy) is 1. The first-order chi connectivity index (χ1) is 7.29. The van der Waals surface area contributed by atoms with Crippen molar-refractivity contribution in [1.82, 2.24) is 0 Å². The molecule has 0 bridgehead atoms. The van der Waals surface area contributed by atoms with Gasteiger partial charge in [-0.05, 0) is 52.2 Å².